The van der Waals surface area contributed by atoms with Crippen LogP contribution < -0.4 is 16.0 Å². The molecule has 0 fully saturated rings. The van der Waals surface area contributed by atoms with Crippen molar-refractivity contribution in [1.29, 1.82) is 0 Å². The first-order chi connectivity index (χ1) is 9.97. The van der Waals surface area contributed by atoms with Gasteiger partial charge in [-0.1, -0.05) is 29.3 Å². The monoisotopic (exact) mass is 325 g/mol. The van der Waals surface area contributed by atoms with Crippen molar-refractivity contribution in [3.8, 4) is 5.75 Å². The molecular weight excluding hydrogens is 309 g/mol. The van der Waals surface area contributed by atoms with E-state index in [0.717, 1.165) is 22.4 Å². The molecule has 0 aliphatic carbocycles. The zero-order chi connectivity index (χ0) is 15.6. The van der Waals surface area contributed by atoms with Crippen molar-refractivity contribution in [3.05, 3.63) is 56.8 Å². The summed E-state index contributed by atoms with van der Waals surface area (Å²) in [5.74, 6) is 6.56. The second-order valence-corrected chi connectivity index (χ2v) is 5.64. The number of hydrogen-bond donors (Lipinski definition) is 2. The molecule has 112 valence electrons. The lowest BCUT2D eigenvalue weighted by Gasteiger charge is -2.21. The zero-order valence-electron chi connectivity index (χ0n) is 12.1. The summed E-state index contributed by atoms with van der Waals surface area (Å²) in [5, 5.41) is 0.959. The summed E-state index contributed by atoms with van der Waals surface area (Å²) in [6.45, 7) is 3.97. The van der Waals surface area contributed by atoms with E-state index < -0.39 is 0 Å². The molecule has 0 aliphatic rings. The number of ether oxygens (including phenoxy) is 1. The summed E-state index contributed by atoms with van der Waals surface area (Å²) in [4.78, 5) is 4.30. The number of hydrazine groups is 1. The number of aryl methyl sites for hydroxylation is 2. The summed E-state index contributed by atoms with van der Waals surface area (Å²) in [7, 11) is 1.65. The van der Waals surface area contributed by atoms with Crippen LogP contribution in [0.25, 0.3) is 0 Å². The van der Waals surface area contributed by atoms with E-state index in [-0.39, 0.29) is 6.04 Å². The van der Waals surface area contributed by atoms with E-state index in [1.54, 1.807) is 19.4 Å². The van der Waals surface area contributed by atoms with Gasteiger partial charge in [-0.2, -0.15) is 0 Å². The highest BCUT2D eigenvalue weighted by Crippen LogP contribution is 2.32. The van der Waals surface area contributed by atoms with Gasteiger partial charge >= 0.3 is 0 Å². The predicted molar refractivity (Wildman–Crippen MR) is 85.9 cm³/mol. The fourth-order valence-electron chi connectivity index (χ4n) is 2.30. The summed E-state index contributed by atoms with van der Waals surface area (Å²) < 4.78 is 5.33. The number of methoxy groups -OCH3 is 1. The molecule has 2 rings (SSSR count). The normalized spacial score (nSPS) is 12.3. The van der Waals surface area contributed by atoms with Gasteiger partial charge < -0.3 is 4.74 Å². The topological polar surface area (TPSA) is 60.2 Å². The summed E-state index contributed by atoms with van der Waals surface area (Å²) >= 11 is 12.1. The van der Waals surface area contributed by atoms with Gasteiger partial charge in [0.2, 0.25) is 0 Å². The Kier molecular flexibility index (Phi) is 5.06. The molecule has 1 aromatic heterocycles. The van der Waals surface area contributed by atoms with Crippen LogP contribution in [0.3, 0.4) is 0 Å². The molecule has 0 spiro atoms. The third kappa shape index (κ3) is 3.30. The molecule has 3 N–H and O–H groups in total. The maximum atomic E-state index is 6.24. The lowest BCUT2D eigenvalue weighted by atomic mass is 9.96. The van der Waals surface area contributed by atoms with Crippen LogP contribution >= 0.6 is 23.2 Å². The minimum Gasteiger partial charge on any atom is -0.496 e. The number of hydrogen-bond acceptors (Lipinski definition) is 4. The summed E-state index contributed by atoms with van der Waals surface area (Å²) in [5.41, 5.74) is 6.45. The average molecular weight is 326 g/mol. The Bertz CT molecular complexity index is 662. The van der Waals surface area contributed by atoms with Crippen LogP contribution in [-0.4, -0.2) is 12.1 Å². The van der Waals surface area contributed by atoms with Crippen molar-refractivity contribution in [3.63, 3.8) is 0 Å². The number of nitrogens with one attached hydrogen (secondary N) is 1. The molecule has 0 saturated heterocycles. The van der Waals surface area contributed by atoms with Crippen molar-refractivity contribution in [1.82, 2.24) is 10.4 Å². The fourth-order valence-corrected chi connectivity index (χ4v) is 2.79. The highest BCUT2D eigenvalue weighted by atomic mass is 35.5. The van der Waals surface area contributed by atoms with Crippen LogP contribution in [0.5, 0.6) is 5.75 Å². The Morgan fingerprint density at radius 2 is 1.90 bits per heavy atom. The first-order valence-corrected chi connectivity index (χ1v) is 7.15. The molecule has 4 nitrogen and oxygen atoms in total. The Labute approximate surface area is 134 Å². The highest BCUT2D eigenvalue weighted by Gasteiger charge is 2.20. The Hall–Kier alpha value is -1.33. The molecule has 6 heteroatoms. The van der Waals surface area contributed by atoms with Crippen LogP contribution in [0, 0.1) is 13.8 Å². The van der Waals surface area contributed by atoms with Crippen molar-refractivity contribution in [2.75, 3.05) is 7.11 Å². The first-order valence-electron chi connectivity index (χ1n) is 6.40. The van der Waals surface area contributed by atoms with Crippen LogP contribution in [0.1, 0.15) is 28.4 Å². The minimum absolute atomic E-state index is 0.320. The molecule has 2 aromatic rings. The zero-order valence-corrected chi connectivity index (χ0v) is 13.6. The van der Waals surface area contributed by atoms with Gasteiger partial charge in [0, 0.05) is 6.20 Å². The summed E-state index contributed by atoms with van der Waals surface area (Å²) in [6.07, 6.45) is 1.55. The number of nitrogens with two attached hydrogens (primary N) is 1. The second kappa shape index (κ2) is 6.62. The standard InChI is InChI=1S/C15H17Cl2N3O/c1-8-5-13(21-3)9(2)4-11(8)14(20-18)15-12(17)6-10(16)7-19-15/h4-7,14,20H,18H2,1-3H3. The molecule has 1 atom stereocenters. The molecule has 21 heavy (non-hydrogen) atoms. The predicted octanol–water partition coefficient (Wildman–Crippen LogP) is 3.57. The maximum absolute atomic E-state index is 6.24. The smallest absolute Gasteiger partial charge is 0.122 e. The minimum atomic E-state index is -0.320. The van der Waals surface area contributed by atoms with Gasteiger partial charge in [-0.15, -0.1) is 0 Å². The van der Waals surface area contributed by atoms with Gasteiger partial charge in [-0.3, -0.25) is 10.8 Å². The largest absolute Gasteiger partial charge is 0.496 e. The van der Waals surface area contributed by atoms with Gasteiger partial charge in [0.05, 0.1) is 28.9 Å². The molecule has 1 aromatic carbocycles. The number of nitrogens with zero attached hydrogens (tertiary/aromatic N) is 1. The van der Waals surface area contributed by atoms with E-state index in [1.165, 1.54) is 0 Å². The molecule has 0 bridgehead atoms. The maximum Gasteiger partial charge on any atom is 0.122 e. The van der Waals surface area contributed by atoms with Crippen molar-refractivity contribution >= 4 is 23.2 Å². The number of aromatic nitrogens is 1. The van der Waals surface area contributed by atoms with E-state index in [4.69, 9.17) is 33.8 Å². The third-order valence-corrected chi connectivity index (χ3v) is 3.88. The Balaban J connectivity index is 2.53. The van der Waals surface area contributed by atoms with E-state index in [0.29, 0.717) is 15.7 Å². The van der Waals surface area contributed by atoms with Crippen LogP contribution in [0.15, 0.2) is 24.4 Å². The van der Waals surface area contributed by atoms with E-state index in [2.05, 4.69) is 10.4 Å². The highest BCUT2D eigenvalue weighted by molar-refractivity contribution is 6.34. The average Bonchev–Trinajstić information content (AvgIpc) is 2.45. The van der Waals surface area contributed by atoms with Gasteiger partial charge in [0.25, 0.3) is 0 Å². The SMILES string of the molecule is COc1cc(C)c(C(NN)c2ncc(Cl)cc2Cl)cc1C. The van der Waals surface area contributed by atoms with E-state index in [1.807, 2.05) is 26.0 Å². The number of benzene rings is 1. The van der Waals surface area contributed by atoms with E-state index in [9.17, 15) is 0 Å². The fraction of sp³-hybridized carbons (Fsp3) is 0.267. The van der Waals surface area contributed by atoms with Crippen molar-refractivity contribution < 1.29 is 4.74 Å². The molecule has 0 aliphatic heterocycles. The van der Waals surface area contributed by atoms with Crippen LogP contribution in [0.2, 0.25) is 10.0 Å². The van der Waals surface area contributed by atoms with Crippen LogP contribution in [0.4, 0.5) is 0 Å². The van der Waals surface area contributed by atoms with Crippen LogP contribution in [-0.2, 0) is 0 Å². The number of halogens is 2. The second-order valence-electron chi connectivity index (χ2n) is 4.80. The van der Waals surface area contributed by atoms with Crippen molar-refractivity contribution in [2.45, 2.75) is 19.9 Å². The first kappa shape index (κ1) is 16.0. The molecular formula is C15H17Cl2N3O. The van der Waals surface area contributed by atoms with Gasteiger partial charge in [-0.25, -0.2) is 5.43 Å². The molecule has 1 unspecified atom stereocenters. The molecule has 1 heterocycles. The quantitative estimate of drug-likeness (QED) is 0.666. The van der Waals surface area contributed by atoms with E-state index >= 15 is 0 Å². The summed E-state index contributed by atoms with van der Waals surface area (Å²) in [6, 6.07) is 5.32. The van der Waals surface area contributed by atoms with Gasteiger partial charge in [-0.05, 0) is 42.7 Å². The van der Waals surface area contributed by atoms with Gasteiger partial charge in [0.1, 0.15) is 5.75 Å². The lowest BCUT2D eigenvalue weighted by molar-refractivity contribution is 0.411. The number of pyridine rings is 1. The van der Waals surface area contributed by atoms with Gasteiger partial charge in [0.15, 0.2) is 0 Å². The lowest BCUT2D eigenvalue weighted by Crippen LogP contribution is -2.30. The molecule has 0 amide bonds. The third-order valence-electron chi connectivity index (χ3n) is 3.37. The van der Waals surface area contributed by atoms with Crippen molar-refractivity contribution in [2.24, 2.45) is 5.84 Å². The molecule has 0 saturated carbocycles. The molecule has 0 radical (unpaired) electrons. The Morgan fingerprint density at radius 1 is 1.19 bits per heavy atom. The number of rotatable bonds is 4. The Morgan fingerprint density at radius 3 is 2.48 bits per heavy atom.